The fraction of sp³-hybridized carbons (Fsp3) is 0.854. The summed E-state index contributed by atoms with van der Waals surface area (Å²) in [6.07, 6.45) is 43.5. The second kappa shape index (κ2) is 37.8. The predicted octanol–water partition coefficient (Wildman–Crippen LogP) is 11.7. The maximum Gasteiger partial charge on any atom is 0.305 e. The molecule has 0 aromatic heterocycles. The van der Waals surface area contributed by atoms with Crippen molar-refractivity contribution in [1.82, 2.24) is 10.2 Å². The molecule has 0 aliphatic heterocycles. The molecule has 0 atom stereocenters. The molecule has 0 bridgehead atoms. The highest BCUT2D eigenvalue weighted by molar-refractivity contribution is 5.75. The van der Waals surface area contributed by atoms with Crippen LogP contribution >= 0.6 is 0 Å². The summed E-state index contributed by atoms with van der Waals surface area (Å²) in [6, 6.07) is 0. The van der Waals surface area contributed by atoms with Gasteiger partial charge in [0.2, 0.25) is 5.91 Å². The van der Waals surface area contributed by atoms with Crippen LogP contribution in [0.4, 0.5) is 0 Å². The van der Waals surface area contributed by atoms with Crippen molar-refractivity contribution in [3.05, 3.63) is 24.3 Å². The minimum Gasteiger partial charge on any atom is -0.464 e. The third-order valence-electron chi connectivity index (χ3n) is 8.86. The van der Waals surface area contributed by atoms with Gasteiger partial charge >= 0.3 is 5.97 Å². The van der Waals surface area contributed by atoms with Crippen LogP contribution in [0.3, 0.4) is 0 Å². The first-order valence-corrected chi connectivity index (χ1v) is 20.0. The molecular formula is C41H78N2O3. The lowest BCUT2D eigenvalue weighted by atomic mass is 10.1. The molecular weight excluding hydrogens is 568 g/mol. The number of carbonyl (C=O) groups is 2. The van der Waals surface area contributed by atoms with Gasteiger partial charge in [-0.25, -0.2) is 0 Å². The second-order valence-electron chi connectivity index (χ2n) is 13.5. The monoisotopic (exact) mass is 647 g/mol. The van der Waals surface area contributed by atoms with Gasteiger partial charge in [0, 0.05) is 32.5 Å². The van der Waals surface area contributed by atoms with Gasteiger partial charge in [-0.1, -0.05) is 141 Å². The Labute approximate surface area is 287 Å². The summed E-state index contributed by atoms with van der Waals surface area (Å²) in [5.41, 5.74) is 0. The van der Waals surface area contributed by atoms with Crippen molar-refractivity contribution in [2.24, 2.45) is 0 Å². The van der Waals surface area contributed by atoms with Crippen molar-refractivity contribution in [2.75, 3.05) is 33.3 Å². The van der Waals surface area contributed by atoms with E-state index in [-0.39, 0.29) is 11.9 Å². The van der Waals surface area contributed by atoms with Crippen LogP contribution in [0, 0.1) is 0 Å². The van der Waals surface area contributed by atoms with E-state index in [1.807, 2.05) is 7.05 Å². The number of ether oxygens (including phenoxy) is 1. The van der Waals surface area contributed by atoms with Crippen molar-refractivity contribution in [2.45, 2.75) is 194 Å². The van der Waals surface area contributed by atoms with E-state index in [0.29, 0.717) is 32.5 Å². The van der Waals surface area contributed by atoms with E-state index in [0.717, 1.165) is 32.2 Å². The molecule has 46 heavy (non-hydrogen) atoms. The third-order valence-corrected chi connectivity index (χ3v) is 8.86. The predicted molar refractivity (Wildman–Crippen MR) is 200 cm³/mol. The number of carbonyl (C=O) groups excluding carboxylic acids is 2. The number of likely N-dealkylation sites (N-methyl/N-ethyl adjacent to an activating group) is 1. The number of rotatable bonds is 36. The first-order valence-electron chi connectivity index (χ1n) is 20.0. The minimum absolute atomic E-state index is 0.0840. The van der Waals surface area contributed by atoms with Gasteiger partial charge in [-0.15, -0.1) is 0 Å². The SMILES string of the molecule is CCCCCCCC/C=C\CCCCCCCC(=O)NCCN(C)CCOC(=O)CCCCCCC/C=C\CCCCCCCC. The van der Waals surface area contributed by atoms with Gasteiger partial charge in [-0.2, -0.15) is 0 Å². The van der Waals surface area contributed by atoms with E-state index in [1.165, 1.54) is 141 Å². The molecule has 1 N–H and O–H groups in total. The van der Waals surface area contributed by atoms with Crippen LogP contribution in [0.15, 0.2) is 24.3 Å². The Morgan fingerprint density at radius 1 is 0.522 bits per heavy atom. The van der Waals surface area contributed by atoms with Crippen LogP contribution < -0.4 is 5.32 Å². The molecule has 0 unspecified atom stereocenters. The molecule has 0 aromatic rings. The van der Waals surface area contributed by atoms with Crippen molar-refractivity contribution < 1.29 is 14.3 Å². The van der Waals surface area contributed by atoms with Gasteiger partial charge < -0.3 is 15.0 Å². The number of hydrogen-bond acceptors (Lipinski definition) is 4. The third kappa shape index (κ3) is 36.8. The smallest absolute Gasteiger partial charge is 0.305 e. The fourth-order valence-corrected chi connectivity index (χ4v) is 5.67. The molecule has 0 saturated heterocycles. The summed E-state index contributed by atoms with van der Waals surface area (Å²) in [6.45, 7) is 7.07. The van der Waals surface area contributed by atoms with E-state index in [2.05, 4.69) is 48.4 Å². The van der Waals surface area contributed by atoms with Crippen LogP contribution in [0.25, 0.3) is 0 Å². The summed E-state index contributed by atoms with van der Waals surface area (Å²) in [7, 11) is 2.01. The van der Waals surface area contributed by atoms with Crippen LogP contribution in [-0.4, -0.2) is 50.1 Å². The molecule has 0 spiro atoms. The molecule has 0 saturated carbocycles. The van der Waals surface area contributed by atoms with Gasteiger partial charge in [0.05, 0.1) is 0 Å². The zero-order valence-electron chi connectivity index (χ0n) is 31.1. The molecule has 0 aromatic carbocycles. The minimum atomic E-state index is -0.0840. The van der Waals surface area contributed by atoms with Crippen molar-refractivity contribution in [3.63, 3.8) is 0 Å². The van der Waals surface area contributed by atoms with Crippen molar-refractivity contribution >= 4 is 11.9 Å². The first kappa shape index (κ1) is 44.4. The standard InChI is InChI=1S/C41H78N2O3/c1-4-6-8-10-12-14-16-18-20-22-24-26-28-30-32-34-40(44)42-36-37-43(3)38-39-46-41(45)35-33-31-29-27-25-23-21-19-17-15-13-11-9-7-5-2/h18-21H,4-17,22-39H2,1-3H3,(H,42,44)/b20-18-,21-19-. The maximum absolute atomic E-state index is 12.1. The Morgan fingerprint density at radius 3 is 1.37 bits per heavy atom. The largest absolute Gasteiger partial charge is 0.464 e. The van der Waals surface area contributed by atoms with Crippen molar-refractivity contribution in [1.29, 1.82) is 0 Å². The number of amides is 1. The van der Waals surface area contributed by atoms with Gasteiger partial charge in [0.1, 0.15) is 6.61 Å². The van der Waals surface area contributed by atoms with Gasteiger partial charge in [-0.05, 0) is 71.3 Å². The average Bonchev–Trinajstić information content (AvgIpc) is 3.04. The van der Waals surface area contributed by atoms with E-state index >= 15 is 0 Å². The highest BCUT2D eigenvalue weighted by atomic mass is 16.5. The van der Waals surface area contributed by atoms with E-state index in [9.17, 15) is 9.59 Å². The number of allylic oxidation sites excluding steroid dienone is 4. The Morgan fingerprint density at radius 2 is 0.913 bits per heavy atom. The molecule has 0 aliphatic rings. The molecule has 0 fully saturated rings. The van der Waals surface area contributed by atoms with E-state index in [1.54, 1.807) is 0 Å². The lowest BCUT2D eigenvalue weighted by Crippen LogP contribution is -2.34. The quantitative estimate of drug-likeness (QED) is 0.0418. The zero-order valence-corrected chi connectivity index (χ0v) is 31.1. The molecule has 5 nitrogen and oxygen atoms in total. The summed E-state index contributed by atoms with van der Waals surface area (Å²) in [5, 5.41) is 3.03. The van der Waals surface area contributed by atoms with Gasteiger partial charge in [-0.3, -0.25) is 9.59 Å². The number of nitrogens with zero attached hydrogens (tertiary/aromatic N) is 1. The number of hydrogen-bond donors (Lipinski definition) is 1. The second-order valence-corrected chi connectivity index (χ2v) is 13.5. The number of esters is 1. The van der Waals surface area contributed by atoms with Crippen LogP contribution in [0.5, 0.6) is 0 Å². The lowest BCUT2D eigenvalue weighted by Gasteiger charge is -2.16. The Kier molecular flexibility index (Phi) is 36.5. The van der Waals surface area contributed by atoms with Gasteiger partial charge in [0.15, 0.2) is 0 Å². The number of unbranched alkanes of at least 4 members (excludes halogenated alkanes) is 22. The van der Waals surface area contributed by atoms with Crippen LogP contribution in [-0.2, 0) is 14.3 Å². The Balaban J connectivity index is 3.43. The van der Waals surface area contributed by atoms with Crippen LogP contribution in [0.2, 0.25) is 0 Å². The highest BCUT2D eigenvalue weighted by Gasteiger charge is 2.06. The highest BCUT2D eigenvalue weighted by Crippen LogP contribution is 2.12. The average molecular weight is 647 g/mol. The lowest BCUT2D eigenvalue weighted by molar-refractivity contribution is -0.144. The normalized spacial score (nSPS) is 11.7. The molecule has 1 amide bonds. The molecule has 0 rings (SSSR count). The molecule has 0 radical (unpaired) electrons. The summed E-state index contributed by atoms with van der Waals surface area (Å²) in [5.74, 6) is 0.0664. The molecule has 0 heterocycles. The maximum atomic E-state index is 12.1. The summed E-state index contributed by atoms with van der Waals surface area (Å²) < 4.78 is 5.42. The zero-order chi connectivity index (χ0) is 33.6. The summed E-state index contributed by atoms with van der Waals surface area (Å²) in [4.78, 5) is 26.3. The topological polar surface area (TPSA) is 58.6 Å². The van der Waals surface area contributed by atoms with Crippen LogP contribution in [0.1, 0.15) is 194 Å². The molecule has 270 valence electrons. The molecule has 5 heteroatoms. The van der Waals surface area contributed by atoms with Gasteiger partial charge in [0.25, 0.3) is 0 Å². The Hall–Kier alpha value is -1.62. The molecule has 0 aliphatic carbocycles. The van der Waals surface area contributed by atoms with Crippen molar-refractivity contribution in [3.8, 4) is 0 Å². The Bertz CT molecular complexity index is 648. The first-order chi connectivity index (χ1) is 22.6. The number of nitrogens with one attached hydrogen (secondary N) is 1. The van der Waals surface area contributed by atoms with E-state index in [4.69, 9.17) is 4.74 Å². The summed E-state index contributed by atoms with van der Waals surface area (Å²) >= 11 is 0. The fourth-order valence-electron chi connectivity index (χ4n) is 5.67. The van der Waals surface area contributed by atoms with E-state index < -0.39 is 0 Å².